The minimum absolute atomic E-state index is 0.0205. The molecule has 2 nitrogen and oxygen atoms in total. The quantitative estimate of drug-likeness (QED) is 0.531. The molecule has 0 radical (unpaired) electrons. The fraction of sp³-hybridized carbons (Fsp3) is 0.188. The van der Waals surface area contributed by atoms with Crippen molar-refractivity contribution < 1.29 is 4.79 Å². The zero-order valence-electron chi connectivity index (χ0n) is 11.6. The van der Waals surface area contributed by atoms with Crippen molar-refractivity contribution in [2.24, 2.45) is 0 Å². The molecule has 110 valence electrons. The molecule has 2 aromatic carbocycles. The van der Waals surface area contributed by atoms with Crippen LogP contribution < -0.4 is 0 Å². The van der Waals surface area contributed by atoms with Gasteiger partial charge in [-0.3, -0.25) is 4.79 Å². The van der Waals surface area contributed by atoms with Crippen molar-refractivity contribution in [2.45, 2.75) is 13.0 Å². The fourth-order valence-corrected chi connectivity index (χ4v) is 3.12. The number of hydrogen-bond acceptors (Lipinski definition) is 1. The molecule has 5 heteroatoms. The normalized spacial score (nSPS) is 12.0. The molecule has 2 aromatic rings. The van der Waals surface area contributed by atoms with E-state index in [-0.39, 0.29) is 11.9 Å². The SMILES string of the molecule is CC(c1cccc(Cl)c1)N(C)C(=O)c1cc(I)ccc1Br. The van der Waals surface area contributed by atoms with Crippen molar-refractivity contribution in [1.29, 1.82) is 0 Å². The van der Waals surface area contributed by atoms with Gasteiger partial charge in [-0.1, -0.05) is 23.7 Å². The van der Waals surface area contributed by atoms with Gasteiger partial charge in [-0.15, -0.1) is 0 Å². The fourth-order valence-electron chi connectivity index (χ4n) is 2.02. The van der Waals surface area contributed by atoms with E-state index in [9.17, 15) is 4.79 Å². The molecule has 0 bridgehead atoms. The smallest absolute Gasteiger partial charge is 0.255 e. The average molecular weight is 479 g/mol. The third kappa shape index (κ3) is 3.99. The second-order valence-electron chi connectivity index (χ2n) is 4.77. The summed E-state index contributed by atoms with van der Waals surface area (Å²) >= 11 is 11.7. The van der Waals surface area contributed by atoms with E-state index in [1.807, 2.05) is 49.4 Å². The molecule has 0 aliphatic carbocycles. The first kappa shape index (κ1) is 16.8. The number of amides is 1. The molecule has 0 saturated heterocycles. The lowest BCUT2D eigenvalue weighted by molar-refractivity contribution is 0.0741. The topological polar surface area (TPSA) is 20.3 Å². The lowest BCUT2D eigenvalue weighted by Crippen LogP contribution is -2.30. The Hall–Kier alpha value is -0.590. The Morgan fingerprint density at radius 1 is 1.29 bits per heavy atom. The Morgan fingerprint density at radius 2 is 2.00 bits per heavy atom. The van der Waals surface area contributed by atoms with E-state index < -0.39 is 0 Å². The van der Waals surface area contributed by atoms with Gasteiger partial charge in [0.1, 0.15) is 0 Å². The highest BCUT2D eigenvalue weighted by Crippen LogP contribution is 2.26. The molecule has 0 aromatic heterocycles. The molecular formula is C16H14BrClINO. The van der Waals surface area contributed by atoms with Gasteiger partial charge in [0.25, 0.3) is 5.91 Å². The first-order valence-corrected chi connectivity index (χ1v) is 8.63. The minimum Gasteiger partial charge on any atom is -0.335 e. The molecule has 0 spiro atoms. The van der Waals surface area contributed by atoms with Crippen LogP contribution in [0.3, 0.4) is 0 Å². The molecule has 1 unspecified atom stereocenters. The van der Waals surface area contributed by atoms with Crippen molar-refractivity contribution in [3.05, 3.63) is 66.7 Å². The largest absolute Gasteiger partial charge is 0.335 e. The van der Waals surface area contributed by atoms with Crippen LogP contribution in [0.1, 0.15) is 28.9 Å². The van der Waals surface area contributed by atoms with Crippen LogP contribution in [0.15, 0.2) is 46.9 Å². The third-order valence-electron chi connectivity index (χ3n) is 3.39. The summed E-state index contributed by atoms with van der Waals surface area (Å²) in [6.45, 7) is 1.99. The van der Waals surface area contributed by atoms with Crippen molar-refractivity contribution in [3.8, 4) is 0 Å². The Balaban J connectivity index is 2.28. The van der Waals surface area contributed by atoms with Crippen molar-refractivity contribution in [1.82, 2.24) is 4.90 Å². The molecule has 0 aliphatic heterocycles. The molecule has 0 fully saturated rings. The van der Waals surface area contributed by atoms with Gasteiger partial charge in [-0.25, -0.2) is 0 Å². The molecule has 1 amide bonds. The van der Waals surface area contributed by atoms with Crippen LogP contribution in [0, 0.1) is 3.57 Å². The number of nitrogens with zero attached hydrogens (tertiary/aromatic N) is 1. The second kappa shape index (κ2) is 7.11. The minimum atomic E-state index is -0.0547. The van der Waals surface area contributed by atoms with Crippen LogP contribution >= 0.6 is 50.1 Å². The summed E-state index contributed by atoms with van der Waals surface area (Å²) in [5, 5.41) is 0.677. The van der Waals surface area contributed by atoms with Crippen molar-refractivity contribution >= 4 is 56.0 Å². The summed E-state index contributed by atoms with van der Waals surface area (Å²) in [6, 6.07) is 13.3. The van der Waals surface area contributed by atoms with Gasteiger partial charge >= 0.3 is 0 Å². The number of carbonyl (C=O) groups excluding carboxylic acids is 1. The number of rotatable bonds is 3. The van der Waals surface area contributed by atoms with Crippen molar-refractivity contribution in [3.63, 3.8) is 0 Å². The van der Waals surface area contributed by atoms with Gasteiger partial charge in [-0.2, -0.15) is 0 Å². The van der Waals surface area contributed by atoms with Crippen LogP contribution in [0.25, 0.3) is 0 Å². The number of hydrogen-bond donors (Lipinski definition) is 0. The molecule has 0 saturated carbocycles. The number of benzene rings is 2. The van der Waals surface area contributed by atoms with Crippen LogP contribution in [-0.4, -0.2) is 17.9 Å². The van der Waals surface area contributed by atoms with E-state index in [2.05, 4.69) is 38.5 Å². The van der Waals surface area contributed by atoms with E-state index in [4.69, 9.17) is 11.6 Å². The third-order valence-corrected chi connectivity index (χ3v) is 4.99. The summed E-state index contributed by atoms with van der Waals surface area (Å²) in [5.41, 5.74) is 1.68. The van der Waals surface area contributed by atoms with E-state index in [1.165, 1.54) is 0 Å². The van der Waals surface area contributed by atoms with E-state index in [0.717, 1.165) is 13.6 Å². The monoisotopic (exact) mass is 477 g/mol. The highest BCUT2D eigenvalue weighted by Gasteiger charge is 2.21. The van der Waals surface area contributed by atoms with Gasteiger partial charge in [0, 0.05) is 20.1 Å². The molecule has 0 aliphatic rings. The molecule has 1 atom stereocenters. The first-order valence-electron chi connectivity index (χ1n) is 6.38. The summed E-state index contributed by atoms with van der Waals surface area (Å²) < 4.78 is 1.83. The lowest BCUT2D eigenvalue weighted by Gasteiger charge is -2.26. The number of carbonyl (C=O) groups is 1. The summed E-state index contributed by atoms with van der Waals surface area (Å²) in [6.07, 6.45) is 0. The van der Waals surface area contributed by atoms with Crippen LogP contribution in [-0.2, 0) is 0 Å². The summed E-state index contributed by atoms with van der Waals surface area (Å²) in [4.78, 5) is 14.4. The van der Waals surface area contributed by atoms with Gasteiger partial charge < -0.3 is 4.90 Å². The average Bonchev–Trinajstić information content (AvgIpc) is 2.47. The molecule has 0 N–H and O–H groups in total. The molecule has 2 rings (SSSR count). The van der Waals surface area contributed by atoms with E-state index in [1.54, 1.807) is 11.9 Å². The highest BCUT2D eigenvalue weighted by atomic mass is 127. The maximum Gasteiger partial charge on any atom is 0.255 e. The first-order chi connectivity index (χ1) is 9.90. The van der Waals surface area contributed by atoms with Crippen molar-refractivity contribution in [2.75, 3.05) is 7.05 Å². The summed E-state index contributed by atoms with van der Waals surface area (Å²) in [5.74, 6) is -0.0205. The standard InChI is InChI=1S/C16H14BrClINO/c1-10(11-4-3-5-12(18)8-11)20(2)16(21)14-9-13(19)6-7-15(14)17/h3-10H,1-2H3. The molecule has 21 heavy (non-hydrogen) atoms. The van der Waals surface area contributed by atoms with Gasteiger partial charge in [0.05, 0.1) is 11.6 Å². The van der Waals surface area contributed by atoms with Crippen LogP contribution in [0.5, 0.6) is 0 Å². The molecule has 0 heterocycles. The lowest BCUT2D eigenvalue weighted by atomic mass is 10.1. The summed E-state index contributed by atoms with van der Waals surface area (Å²) in [7, 11) is 1.81. The van der Waals surface area contributed by atoms with E-state index in [0.29, 0.717) is 10.6 Å². The zero-order chi connectivity index (χ0) is 15.6. The molecular weight excluding hydrogens is 464 g/mol. The highest BCUT2D eigenvalue weighted by molar-refractivity contribution is 14.1. The maximum absolute atomic E-state index is 12.7. The Morgan fingerprint density at radius 3 is 2.67 bits per heavy atom. The maximum atomic E-state index is 12.7. The number of halogens is 3. The van der Waals surface area contributed by atoms with Gasteiger partial charge in [-0.05, 0) is 81.3 Å². The van der Waals surface area contributed by atoms with Crippen LogP contribution in [0.2, 0.25) is 5.02 Å². The Labute approximate surface area is 151 Å². The Kier molecular flexibility index (Phi) is 5.68. The van der Waals surface area contributed by atoms with Crippen LogP contribution in [0.4, 0.5) is 0 Å². The van der Waals surface area contributed by atoms with E-state index >= 15 is 0 Å². The van der Waals surface area contributed by atoms with Gasteiger partial charge in [0.2, 0.25) is 0 Å². The predicted molar refractivity (Wildman–Crippen MR) is 98.8 cm³/mol. The predicted octanol–water partition coefficient (Wildman–Crippen LogP) is 5.54. The second-order valence-corrected chi connectivity index (χ2v) is 7.31. The van der Waals surface area contributed by atoms with Gasteiger partial charge in [0.15, 0.2) is 0 Å². The Bertz CT molecular complexity index is 677. The zero-order valence-corrected chi connectivity index (χ0v) is 16.1.